The number of aromatic amines is 1. The van der Waals surface area contributed by atoms with E-state index in [1.165, 1.54) is 10.2 Å². The van der Waals surface area contributed by atoms with Crippen molar-refractivity contribution in [1.82, 2.24) is 39.1 Å². The second kappa shape index (κ2) is 8.28. The molecule has 4 heterocycles. The first-order valence-corrected chi connectivity index (χ1v) is 12.8. The van der Waals surface area contributed by atoms with Crippen LogP contribution in [0, 0.1) is 17.2 Å². The molecule has 0 aliphatic heterocycles. The van der Waals surface area contributed by atoms with Gasteiger partial charge in [0.1, 0.15) is 5.52 Å². The number of fused-ring (bicyclic) bond motifs is 3. The third-order valence-corrected chi connectivity index (χ3v) is 8.42. The van der Waals surface area contributed by atoms with E-state index in [0.717, 1.165) is 31.2 Å². The average molecular weight is 488 g/mol. The minimum absolute atomic E-state index is 0.100. The summed E-state index contributed by atoms with van der Waals surface area (Å²) < 4.78 is 30.0. The van der Waals surface area contributed by atoms with Gasteiger partial charge in [0, 0.05) is 24.0 Å². The van der Waals surface area contributed by atoms with Crippen LogP contribution in [0.4, 0.5) is 0 Å². The summed E-state index contributed by atoms with van der Waals surface area (Å²) in [6.45, 7) is 0. The highest BCUT2D eigenvalue weighted by molar-refractivity contribution is 7.90. The first-order chi connectivity index (χ1) is 17.1. The molecular weight excluding hydrogens is 466 g/mol. The molecule has 1 fully saturated rings. The SMILES string of the molecule is N#CCC1CCC(n2c(-c3nn[nH]n3)nc3cnc4c(ccn4S(=O)(=O)c4ccccc4)c32)CC1. The number of benzene rings is 1. The van der Waals surface area contributed by atoms with Crippen LogP contribution in [0.25, 0.3) is 33.7 Å². The van der Waals surface area contributed by atoms with Crippen LogP contribution in [-0.4, -0.2) is 47.5 Å². The second-order valence-corrected chi connectivity index (χ2v) is 10.6. The molecule has 0 saturated heterocycles. The summed E-state index contributed by atoms with van der Waals surface area (Å²) in [4.78, 5) is 9.45. The van der Waals surface area contributed by atoms with Crippen molar-refractivity contribution in [3.8, 4) is 17.7 Å². The molecule has 12 heteroatoms. The van der Waals surface area contributed by atoms with Crippen LogP contribution in [-0.2, 0) is 10.0 Å². The fourth-order valence-electron chi connectivity index (χ4n) is 5.05. The van der Waals surface area contributed by atoms with E-state index in [1.54, 1.807) is 42.6 Å². The van der Waals surface area contributed by atoms with E-state index in [9.17, 15) is 8.42 Å². The zero-order chi connectivity index (χ0) is 24.0. The van der Waals surface area contributed by atoms with E-state index in [1.807, 2.05) is 0 Å². The lowest BCUT2D eigenvalue weighted by atomic mass is 9.84. The third kappa shape index (κ3) is 3.47. The lowest BCUT2D eigenvalue weighted by Crippen LogP contribution is -2.19. The van der Waals surface area contributed by atoms with Crippen molar-refractivity contribution >= 4 is 32.1 Å². The lowest BCUT2D eigenvalue weighted by molar-refractivity contribution is 0.283. The Morgan fingerprint density at radius 3 is 2.63 bits per heavy atom. The molecule has 5 aromatic rings. The Morgan fingerprint density at radius 1 is 1.11 bits per heavy atom. The summed E-state index contributed by atoms with van der Waals surface area (Å²) in [5, 5.41) is 24.3. The summed E-state index contributed by atoms with van der Waals surface area (Å²) >= 11 is 0. The van der Waals surface area contributed by atoms with Crippen molar-refractivity contribution < 1.29 is 8.42 Å². The number of hydrogen-bond donors (Lipinski definition) is 1. The predicted octanol–water partition coefficient (Wildman–Crippen LogP) is 3.45. The Kier molecular flexibility index (Phi) is 5.07. The van der Waals surface area contributed by atoms with Crippen molar-refractivity contribution in [1.29, 1.82) is 5.26 Å². The molecule has 1 saturated carbocycles. The van der Waals surface area contributed by atoms with E-state index in [2.05, 4.69) is 36.2 Å². The summed E-state index contributed by atoms with van der Waals surface area (Å²) in [6, 6.07) is 12.5. The van der Waals surface area contributed by atoms with Crippen molar-refractivity contribution in [3.05, 3.63) is 48.8 Å². The van der Waals surface area contributed by atoms with Crippen LogP contribution in [0.5, 0.6) is 0 Å². The number of pyridine rings is 1. The number of H-pyrrole nitrogens is 1. The molecule has 6 rings (SSSR count). The monoisotopic (exact) mass is 487 g/mol. The maximum atomic E-state index is 13.4. The Balaban J connectivity index is 1.54. The molecule has 0 radical (unpaired) electrons. The normalized spacial score (nSPS) is 18.7. The molecule has 1 aliphatic carbocycles. The van der Waals surface area contributed by atoms with Gasteiger partial charge >= 0.3 is 0 Å². The number of nitrogens with one attached hydrogen (secondary N) is 1. The summed E-state index contributed by atoms with van der Waals surface area (Å²) in [5.41, 5.74) is 1.76. The van der Waals surface area contributed by atoms with Gasteiger partial charge in [0.2, 0.25) is 5.82 Å². The number of nitriles is 1. The number of imidazole rings is 1. The first-order valence-electron chi connectivity index (χ1n) is 11.4. The Labute approximate surface area is 200 Å². The summed E-state index contributed by atoms with van der Waals surface area (Å²) in [6.07, 6.45) is 7.29. The van der Waals surface area contributed by atoms with Gasteiger partial charge in [0.15, 0.2) is 11.5 Å². The van der Waals surface area contributed by atoms with Crippen molar-refractivity contribution in [3.63, 3.8) is 0 Å². The van der Waals surface area contributed by atoms with Gasteiger partial charge < -0.3 is 4.57 Å². The van der Waals surface area contributed by atoms with E-state index in [-0.39, 0.29) is 10.9 Å². The van der Waals surface area contributed by atoms with Crippen molar-refractivity contribution in [2.45, 2.75) is 43.0 Å². The quantitative estimate of drug-likeness (QED) is 0.396. The minimum atomic E-state index is -3.82. The van der Waals surface area contributed by atoms with Crippen LogP contribution >= 0.6 is 0 Å². The molecule has 1 aliphatic rings. The smallest absolute Gasteiger partial charge is 0.269 e. The highest BCUT2D eigenvalue weighted by atomic mass is 32.2. The molecule has 11 nitrogen and oxygen atoms in total. The van der Waals surface area contributed by atoms with E-state index in [0.29, 0.717) is 40.5 Å². The molecule has 0 unspecified atom stereocenters. The molecule has 0 amide bonds. The number of tetrazole rings is 1. The van der Waals surface area contributed by atoms with E-state index < -0.39 is 10.0 Å². The van der Waals surface area contributed by atoms with E-state index >= 15 is 0 Å². The maximum absolute atomic E-state index is 13.4. The molecule has 1 N–H and O–H groups in total. The fourth-order valence-corrected chi connectivity index (χ4v) is 6.38. The Bertz CT molecular complexity index is 1660. The largest absolute Gasteiger partial charge is 0.317 e. The zero-order valence-corrected chi connectivity index (χ0v) is 19.4. The molecule has 0 spiro atoms. The molecule has 0 atom stereocenters. The molecule has 0 bridgehead atoms. The van der Waals surface area contributed by atoms with Crippen molar-refractivity contribution in [2.75, 3.05) is 0 Å². The van der Waals surface area contributed by atoms with Gasteiger partial charge in [-0.05, 0) is 55.0 Å². The summed E-state index contributed by atoms with van der Waals surface area (Å²) in [5.74, 6) is 1.31. The van der Waals surface area contributed by atoms with Crippen LogP contribution in [0.15, 0.2) is 53.7 Å². The predicted molar refractivity (Wildman–Crippen MR) is 126 cm³/mol. The molecule has 176 valence electrons. The summed E-state index contributed by atoms with van der Waals surface area (Å²) in [7, 11) is -3.82. The molecular formula is C23H21N9O2S. The van der Waals surface area contributed by atoms with Gasteiger partial charge in [-0.1, -0.05) is 18.2 Å². The standard InChI is InChI=1S/C23H21N9O2S/c24-12-10-15-6-8-16(9-7-15)32-20-18-11-13-31(35(33,34)17-4-2-1-3-5-17)22(18)25-14-19(20)26-23(32)21-27-29-30-28-21/h1-5,11,13-16H,6-10H2,(H,27,28,29,30). The van der Waals surface area contributed by atoms with Gasteiger partial charge in [-0.2, -0.15) is 10.5 Å². The first kappa shape index (κ1) is 21.4. The number of hydrogen-bond acceptors (Lipinski definition) is 8. The number of nitrogens with zero attached hydrogens (tertiary/aromatic N) is 8. The Hall–Kier alpha value is -4.11. The van der Waals surface area contributed by atoms with Gasteiger partial charge in [-0.15, -0.1) is 10.2 Å². The van der Waals surface area contributed by atoms with Crippen LogP contribution in [0.3, 0.4) is 0 Å². The van der Waals surface area contributed by atoms with Gasteiger partial charge in [-0.3, -0.25) is 0 Å². The highest BCUT2D eigenvalue weighted by Crippen LogP contribution is 2.40. The van der Waals surface area contributed by atoms with Crippen LogP contribution < -0.4 is 0 Å². The van der Waals surface area contributed by atoms with E-state index in [4.69, 9.17) is 10.2 Å². The average Bonchev–Trinajstić information content (AvgIpc) is 3.63. The minimum Gasteiger partial charge on any atom is -0.317 e. The fraction of sp³-hybridized carbons (Fsp3) is 0.304. The topological polar surface area (TPSA) is 148 Å². The van der Waals surface area contributed by atoms with Gasteiger partial charge in [0.25, 0.3) is 10.0 Å². The second-order valence-electron chi connectivity index (χ2n) is 8.74. The van der Waals surface area contributed by atoms with Gasteiger partial charge in [0.05, 0.1) is 22.7 Å². The molecule has 4 aromatic heterocycles. The number of rotatable bonds is 5. The van der Waals surface area contributed by atoms with Crippen LogP contribution in [0.1, 0.15) is 38.1 Å². The highest BCUT2D eigenvalue weighted by Gasteiger charge is 2.29. The molecule has 35 heavy (non-hydrogen) atoms. The Morgan fingerprint density at radius 2 is 1.91 bits per heavy atom. The third-order valence-electron chi connectivity index (χ3n) is 6.74. The van der Waals surface area contributed by atoms with Crippen LogP contribution in [0.2, 0.25) is 0 Å². The van der Waals surface area contributed by atoms with Gasteiger partial charge in [-0.25, -0.2) is 22.4 Å². The van der Waals surface area contributed by atoms with Crippen molar-refractivity contribution in [2.24, 2.45) is 5.92 Å². The zero-order valence-electron chi connectivity index (χ0n) is 18.6. The number of aromatic nitrogens is 8. The molecule has 1 aromatic carbocycles. The maximum Gasteiger partial charge on any atom is 0.269 e. The lowest BCUT2D eigenvalue weighted by Gasteiger charge is -2.29.